The molecule has 0 saturated carbocycles. The van der Waals surface area contributed by atoms with E-state index in [1.165, 1.54) is 12.1 Å². The molecule has 8 heteroatoms. The molecule has 0 aliphatic heterocycles. The number of halogens is 3. The maximum Gasteiger partial charge on any atom is 0.449 e. The van der Waals surface area contributed by atoms with Crippen molar-refractivity contribution in [2.45, 2.75) is 39.7 Å². The molecule has 0 radical (unpaired) electrons. The third-order valence-corrected chi connectivity index (χ3v) is 5.09. The fourth-order valence-electron chi connectivity index (χ4n) is 3.42. The normalized spacial score (nSPS) is 11.9. The number of carbonyl (C=O) groups excluding carboxylic acids is 1. The number of fused-ring (bicyclic) bond motifs is 1. The van der Waals surface area contributed by atoms with E-state index in [9.17, 15) is 18.0 Å². The lowest BCUT2D eigenvalue weighted by Crippen LogP contribution is -2.30. The summed E-state index contributed by atoms with van der Waals surface area (Å²) in [6.07, 6.45) is -4.64. The number of carbonyl (C=O) groups is 1. The van der Waals surface area contributed by atoms with Crippen LogP contribution in [0.4, 0.5) is 13.2 Å². The lowest BCUT2D eigenvalue weighted by Gasteiger charge is -2.20. The summed E-state index contributed by atoms with van der Waals surface area (Å²) in [5, 5.41) is 2.76. The number of nitrogens with one attached hydrogen (secondary N) is 1. The molecule has 1 heterocycles. The molecular formula is C22H25F3N4O. The van der Waals surface area contributed by atoms with Gasteiger partial charge in [0.2, 0.25) is 11.7 Å². The smallest absolute Gasteiger partial charge is 0.350 e. The number of benzene rings is 2. The van der Waals surface area contributed by atoms with Crippen LogP contribution >= 0.6 is 0 Å². The first kappa shape index (κ1) is 21.8. The molecule has 160 valence electrons. The van der Waals surface area contributed by atoms with Crippen LogP contribution in [0.15, 0.2) is 48.5 Å². The first-order valence-corrected chi connectivity index (χ1v) is 9.91. The van der Waals surface area contributed by atoms with Crippen molar-refractivity contribution >= 4 is 16.9 Å². The van der Waals surface area contributed by atoms with Gasteiger partial charge in [-0.15, -0.1) is 0 Å². The highest BCUT2D eigenvalue weighted by Gasteiger charge is 2.37. The van der Waals surface area contributed by atoms with Crippen molar-refractivity contribution in [1.82, 2.24) is 19.8 Å². The summed E-state index contributed by atoms with van der Waals surface area (Å²) in [5.74, 6) is -1.57. The summed E-state index contributed by atoms with van der Waals surface area (Å²) < 4.78 is 41.2. The Kier molecular flexibility index (Phi) is 6.77. The minimum atomic E-state index is -4.64. The second kappa shape index (κ2) is 9.30. The molecule has 0 spiro atoms. The molecule has 0 bridgehead atoms. The number of nitrogens with zero attached hydrogens (tertiary/aromatic N) is 3. The molecule has 1 amide bonds. The molecule has 2 aromatic carbocycles. The number of amides is 1. The van der Waals surface area contributed by atoms with Gasteiger partial charge in [0.1, 0.15) is 6.54 Å². The second-order valence-corrected chi connectivity index (χ2v) is 7.01. The van der Waals surface area contributed by atoms with Gasteiger partial charge in [-0.05, 0) is 36.3 Å². The lowest BCUT2D eigenvalue weighted by atomic mass is 10.1. The van der Waals surface area contributed by atoms with Crippen molar-refractivity contribution in [2.75, 3.05) is 13.1 Å². The van der Waals surface area contributed by atoms with E-state index < -0.39 is 24.5 Å². The first-order valence-electron chi connectivity index (χ1n) is 9.91. The fourth-order valence-corrected chi connectivity index (χ4v) is 3.42. The Balaban J connectivity index is 1.75. The van der Waals surface area contributed by atoms with Crippen molar-refractivity contribution in [3.8, 4) is 0 Å². The van der Waals surface area contributed by atoms with Crippen LogP contribution in [0.3, 0.4) is 0 Å². The van der Waals surface area contributed by atoms with Crippen molar-refractivity contribution in [1.29, 1.82) is 0 Å². The third kappa shape index (κ3) is 4.99. The van der Waals surface area contributed by atoms with Crippen LogP contribution in [0.1, 0.15) is 30.8 Å². The van der Waals surface area contributed by atoms with Gasteiger partial charge in [-0.25, -0.2) is 4.98 Å². The van der Waals surface area contributed by atoms with Gasteiger partial charge in [0.15, 0.2) is 0 Å². The highest BCUT2D eigenvalue weighted by molar-refractivity contribution is 5.81. The molecule has 3 rings (SSSR count). The summed E-state index contributed by atoms with van der Waals surface area (Å²) in [4.78, 5) is 18.4. The average Bonchev–Trinajstić information content (AvgIpc) is 3.10. The van der Waals surface area contributed by atoms with E-state index in [1.807, 2.05) is 24.3 Å². The molecule has 0 unspecified atom stereocenters. The van der Waals surface area contributed by atoms with Crippen molar-refractivity contribution < 1.29 is 18.0 Å². The van der Waals surface area contributed by atoms with Crippen LogP contribution in [0.5, 0.6) is 0 Å². The number of alkyl halides is 3. The van der Waals surface area contributed by atoms with Crippen LogP contribution in [0.2, 0.25) is 0 Å². The Bertz CT molecular complexity index is 1010. The van der Waals surface area contributed by atoms with Gasteiger partial charge in [0, 0.05) is 13.1 Å². The minimum absolute atomic E-state index is 0.210. The molecular weight excluding hydrogens is 393 g/mol. The lowest BCUT2D eigenvalue weighted by molar-refractivity contribution is -0.147. The van der Waals surface area contributed by atoms with Gasteiger partial charge in [-0.3, -0.25) is 9.69 Å². The fraction of sp³-hybridized carbons (Fsp3) is 0.364. The van der Waals surface area contributed by atoms with Crippen molar-refractivity contribution in [2.24, 2.45) is 0 Å². The molecule has 5 nitrogen and oxygen atoms in total. The molecule has 30 heavy (non-hydrogen) atoms. The van der Waals surface area contributed by atoms with E-state index in [2.05, 4.69) is 29.0 Å². The molecule has 1 aromatic heterocycles. The highest BCUT2D eigenvalue weighted by Crippen LogP contribution is 2.31. The topological polar surface area (TPSA) is 50.2 Å². The first-order chi connectivity index (χ1) is 14.3. The van der Waals surface area contributed by atoms with Gasteiger partial charge >= 0.3 is 6.18 Å². The van der Waals surface area contributed by atoms with Crippen LogP contribution in [-0.2, 0) is 30.6 Å². The van der Waals surface area contributed by atoms with E-state index in [4.69, 9.17) is 0 Å². The number of imidazole rings is 1. The predicted octanol–water partition coefficient (Wildman–Crippen LogP) is 4.21. The van der Waals surface area contributed by atoms with E-state index in [0.29, 0.717) is 0 Å². The van der Waals surface area contributed by atoms with Crippen molar-refractivity contribution in [3.05, 3.63) is 65.5 Å². The van der Waals surface area contributed by atoms with Gasteiger partial charge in [-0.1, -0.05) is 50.2 Å². The number of aromatic nitrogens is 2. The summed E-state index contributed by atoms with van der Waals surface area (Å²) in [7, 11) is 0. The Morgan fingerprint density at radius 1 is 1.03 bits per heavy atom. The predicted molar refractivity (Wildman–Crippen MR) is 110 cm³/mol. The third-order valence-electron chi connectivity index (χ3n) is 5.09. The highest BCUT2D eigenvalue weighted by atomic mass is 19.4. The summed E-state index contributed by atoms with van der Waals surface area (Å²) in [5.41, 5.74) is 2.53. The summed E-state index contributed by atoms with van der Waals surface area (Å²) >= 11 is 0. The Morgan fingerprint density at radius 2 is 1.67 bits per heavy atom. The van der Waals surface area contributed by atoms with E-state index >= 15 is 0 Å². The van der Waals surface area contributed by atoms with Gasteiger partial charge in [0.05, 0.1) is 11.0 Å². The van der Waals surface area contributed by atoms with E-state index in [1.54, 1.807) is 12.1 Å². The minimum Gasteiger partial charge on any atom is -0.350 e. The Hall–Kier alpha value is -2.87. The Morgan fingerprint density at radius 3 is 2.33 bits per heavy atom. The van der Waals surface area contributed by atoms with Crippen LogP contribution in [0.25, 0.3) is 11.0 Å². The zero-order chi connectivity index (χ0) is 21.7. The molecule has 0 aliphatic rings. The SMILES string of the molecule is CCN(CC)Cc1ccccc1CNC(=O)Cn1c(C(F)(F)F)nc2ccccc21. The molecule has 1 N–H and O–H groups in total. The quantitative estimate of drug-likeness (QED) is 0.596. The molecule has 0 saturated heterocycles. The largest absolute Gasteiger partial charge is 0.449 e. The Labute approximate surface area is 173 Å². The van der Waals surface area contributed by atoms with Crippen LogP contribution in [-0.4, -0.2) is 33.4 Å². The standard InChI is InChI=1S/C22H25F3N4O/c1-3-28(4-2)14-17-10-6-5-9-16(17)13-26-20(30)15-29-19-12-8-7-11-18(19)27-21(29)22(23,24)25/h5-12H,3-4,13-15H2,1-2H3,(H,26,30). The zero-order valence-corrected chi connectivity index (χ0v) is 17.0. The van der Waals surface area contributed by atoms with Crippen LogP contribution < -0.4 is 5.32 Å². The van der Waals surface area contributed by atoms with Gasteiger partial charge in [0.25, 0.3) is 0 Å². The van der Waals surface area contributed by atoms with Crippen molar-refractivity contribution in [3.63, 3.8) is 0 Å². The number of para-hydroxylation sites is 2. The second-order valence-electron chi connectivity index (χ2n) is 7.01. The monoisotopic (exact) mass is 418 g/mol. The maximum atomic E-state index is 13.4. The van der Waals surface area contributed by atoms with Gasteiger partial charge in [-0.2, -0.15) is 13.2 Å². The molecule has 0 aliphatic carbocycles. The average molecular weight is 418 g/mol. The maximum absolute atomic E-state index is 13.4. The summed E-state index contributed by atoms with van der Waals surface area (Å²) in [6.45, 7) is 6.54. The zero-order valence-electron chi connectivity index (χ0n) is 17.0. The molecule has 0 fully saturated rings. The van der Waals surface area contributed by atoms with E-state index in [0.717, 1.165) is 35.3 Å². The molecule has 0 atom stereocenters. The number of hydrogen-bond donors (Lipinski definition) is 1. The number of hydrogen-bond acceptors (Lipinski definition) is 3. The summed E-state index contributed by atoms with van der Waals surface area (Å²) in [6, 6.07) is 14.0. The van der Waals surface area contributed by atoms with E-state index in [-0.39, 0.29) is 17.6 Å². The van der Waals surface area contributed by atoms with Crippen LogP contribution in [0, 0.1) is 0 Å². The number of rotatable bonds is 8. The molecule has 3 aromatic rings. The van der Waals surface area contributed by atoms with Gasteiger partial charge < -0.3 is 9.88 Å².